The highest BCUT2D eigenvalue weighted by atomic mass is 16.5. The molecule has 0 radical (unpaired) electrons. The molecule has 0 saturated carbocycles. The zero-order valence-corrected chi connectivity index (χ0v) is 24.1. The first-order chi connectivity index (χ1) is 19.7. The second kappa shape index (κ2) is 12.7. The predicted molar refractivity (Wildman–Crippen MR) is 159 cm³/mol. The summed E-state index contributed by atoms with van der Waals surface area (Å²) in [5.41, 5.74) is 8.89. The van der Waals surface area contributed by atoms with Gasteiger partial charge in [0.2, 0.25) is 5.91 Å². The Morgan fingerprint density at radius 2 is 1.80 bits per heavy atom. The molecule has 2 aromatic heterocycles. The Bertz CT molecular complexity index is 1640. The van der Waals surface area contributed by atoms with E-state index in [2.05, 4.69) is 9.97 Å². The van der Waals surface area contributed by atoms with E-state index in [0.29, 0.717) is 52.9 Å². The maximum atomic E-state index is 14.1. The number of rotatable bonds is 11. The first kappa shape index (κ1) is 29.3. The van der Waals surface area contributed by atoms with E-state index in [0.717, 1.165) is 5.56 Å². The van der Waals surface area contributed by atoms with Crippen molar-refractivity contribution < 1.29 is 19.0 Å². The highest BCUT2D eigenvalue weighted by molar-refractivity contribution is 6.01. The number of imidazole rings is 1. The predicted octanol–water partition coefficient (Wildman–Crippen LogP) is 2.58. The molecule has 0 aliphatic carbocycles. The molecule has 2 aromatic carbocycles. The number of carbonyl (C=O) groups is 1. The molecule has 4 rings (SSSR count). The van der Waals surface area contributed by atoms with Crippen LogP contribution < -0.4 is 25.8 Å². The van der Waals surface area contributed by atoms with Gasteiger partial charge in [0.05, 0.1) is 25.1 Å². The van der Waals surface area contributed by atoms with Gasteiger partial charge in [0.25, 0.3) is 0 Å². The molecular formula is C29H35N7O5. The van der Waals surface area contributed by atoms with Gasteiger partial charge >= 0.3 is 5.69 Å². The first-order valence-electron chi connectivity index (χ1n) is 12.9. The fourth-order valence-electron chi connectivity index (χ4n) is 4.29. The number of nitrogens with two attached hydrogens (primary N) is 1. The van der Waals surface area contributed by atoms with Gasteiger partial charge in [0, 0.05) is 50.7 Å². The highest BCUT2D eigenvalue weighted by Crippen LogP contribution is 2.30. The Labute approximate surface area is 238 Å². The number of amides is 1. The molecule has 0 bridgehead atoms. The lowest BCUT2D eigenvalue weighted by atomic mass is 10.2. The van der Waals surface area contributed by atoms with Crippen molar-refractivity contribution in [3.8, 4) is 22.9 Å². The van der Waals surface area contributed by atoms with Gasteiger partial charge in [0.1, 0.15) is 29.9 Å². The van der Waals surface area contributed by atoms with Crippen molar-refractivity contribution in [2.24, 2.45) is 0 Å². The number of hydrogen-bond donors (Lipinski definition) is 1. The van der Waals surface area contributed by atoms with Crippen molar-refractivity contribution >= 4 is 28.6 Å². The number of anilines is 2. The topological polar surface area (TPSA) is 130 Å². The van der Waals surface area contributed by atoms with Gasteiger partial charge in [0.15, 0.2) is 11.5 Å². The van der Waals surface area contributed by atoms with Crippen LogP contribution in [0.3, 0.4) is 0 Å². The molecule has 12 nitrogen and oxygen atoms in total. The number of methoxy groups -OCH3 is 2. The van der Waals surface area contributed by atoms with E-state index in [1.165, 1.54) is 26.4 Å². The normalized spacial score (nSPS) is 11.5. The van der Waals surface area contributed by atoms with Gasteiger partial charge in [-0.2, -0.15) is 0 Å². The standard InChI is InChI=1S/C29H35N7O5/c1-19-9-10-20(17-24(19)40-6)35-26-27(30)31-18-32-28(26)36(29(35)38)22-14-21(15-23(16-22)41-13-12-39-5)34(4)25(37)8-7-11-33(2)3/h7-10,14-18H,11-13H2,1-6H3,(H2,30,31,32)/b8-7+. The van der Waals surface area contributed by atoms with Crippen molar-refractivity contribution in [3.63, 3.8) is 0 Å². The van der Waals surface area contributed by atoms with Crippen LogP contribution in [0.1, 0.15) is 5.56 Å². The molecule has 0 unspecified atom stereocenters. The van der Waals surface area contributed by atoms with Crippen LogP contribution in [0.15, 0.2) is 59.7 Å². The Morgan fingerprint density at radius 3 is 2.51 bits per heavy atom. The number of carbonyl (C=O) groups excluding carboxylic acids is 1. The van der Waals surface area contributed by atoms with Crippen molar-refractivity contribution in [1.29, 1.82) is 0 Å². The zero-order valence-electron chi connectivity index (χ0n) is 24.1. The van der Waals surface area contributed by atoms with E-state index >= 15 is 0 Å². The largest absolute Gasteiger partial charge is 0.496 e. The third-order valence-corrected chi connectivity index (χ3v) is 6.44. The van der Waals surface area contributed by atoms with Gasteiger partial charge in [-0.05, 0) is 38.7 Å². The summed E-state index contributed by atoms with van der Waals surface area (Å²) in [5.74, 6) is 0.957. The molecular weight excluding hydrogens is 526 g/mol. The molecule has 216 valence electrons. The molecule has 0 aliphatic heterocycles. The number of aryl methyl sites for hydroxylation is 1. The quantitative estimate of drug-likeness (QED) is 0.217. The number of nitrogens with zero attached hydrogens (tertiary/aromatic N) is 6. The lowest BCUT2D eigenvalue weighted by molar-refractivity contribution is -0.113. The van der Waals surface area contributed by atoms with E-state index in [1.54, 1.807) is 57.7 Å². The molecule has 2 heterocycles. The monoisotopic (exact) mass is 561 g/mol. The van der Waals surface area contributed by atoms with Gasteiger partial charge in [-0.15, -0.1) is 0 Å². The lowest BCUT2D eigenvalue weighted by Gasteiger charge is -2.19. The molecule has 12 heteroatoms. The van der Waals surface area contributed by atoms with E-state index in [4.69, 9.17) is 19.9 Å². The number of likely N-dealkylation sites (N-methyl/N-ethyl adjacent to an activating group) is 2. The molecule has 0 fully saturated rings. The van der Waals surface area contributed by atoms with Crippen LogP contribution in [-0.4, -0.2) is 85.0 Å². The maximum Gasteiger partial charge on any atom is 0.339 e. The summed E-state index contributed by atoms with van der Waals surface area (Å²) in [6.07, 6.45) is 4.60. The fourth-order valence-corrected chi connectivity index (χ4v) is 4.29. The number of hydrogen-bond acceptors (Lipinski definition) is 9. The average Bonchev–Trinajstić information content (AvgIpc) is 3.25. The van der Waals surface area contributed by atoms with Crippen LogP contribution in [0.4, 0.5) is 11.5 Å². The maximum absolute atomic E-state index is 14.1. The summed E-state index contributed by atoms with van der Waals surface area (Å²) >= 11 is 0. The van der Waals surface area contributed by atoms with Crippen molar-refractivity contribution in [2.75, 3.05) is 65.8 Å². The molecule has 0 aliphatic rings. The first-order valence-corrected chi connectivity index (χ1v) is 12.9. The van der Waals surface area contributed by atoms with Crippen LogP contribution in [0.25, 0.3) is 22.5 Å². The molecule has 4 aromatic rings. The van der Waals surface area contributed by atoms with E-state index in [9.17, 15) is 9.59 Å². The van der Waals surface area contributed by atoms with Crippen molar-refractivity contribution in [2.45, 2.75) is 6.92 Å². The third kappa shape index (κ3) is 6.23. The van der Waals surface area contributed by atoms with E-state index < -0.39 is 5.69 Å². The van der Waals surface area contributed by atoms with Crippen LogP contribution in [-0.2, 0) is 9.53 Å². The molecule has 2 N–H and O–H groups in total. The molecule has 0 saturated heterocycles. The highest BCUT2D eigenvalue weighted by Gasteiger charge is 2.22. The Hall–Kier alpha value is -4.68. The molecule has 1 amide bonds. The fraction of sp³-hybridized carbons (Fsp3) is 0.310. The van der Waals surface area contributed by atoms with Crippen LogP contribution in [0.5, 0.6) is 11.5 Å². The van der Waals surface area contributed by atoms with Crippen molar-refractivity contribution in [1.82, 2.24) is 24.0 Å². The summed E-state index contributed by atoms with van der Waals surface area (Å²) in [4.78, 5) is 39.1. The number of benzene rings is 2. The number of fused-ring (bicyclic) bond motifs is 1. The lowest BCUT2D eigenvalue weighted by Crippen LogP contribution is -2.26. The second-order valence-electron chi connectivity index (χ2n) is 9.63. The zero-order chi connectivity index (χ0) is 29.7. The van der Waals surface area contributed by atoms with E-state index in [1.807, 2.05) is 32.0 Å². The van der Waals surface area contributed by atoms with Gasteiger partial charge < -0.3 is 29.7 Å². The van der Waals surface area contributed by atoms with Gasteiger partial charge in [-0.25, -0.2) is 19.3 Å². The summed E-state index contributed by atoms with van der Waals surface area (Å²) in [6, 6.07) is 10.6. The van der Waals surface area contributed by atoms with E-state index in [-0.39, 0.29) is 18.3 Å². The van der Waals surface area contributed by atoms with Crippen LogP contribution >= 0.6 is 0 Å². The molecule has 41 heavy (non-hydrogen) atoms. The van der Waals surface area contributed by atoms with Gasteiger partial charge in [-0.1, -0.05) is 12.1 Å². The molecule has 0 atom stereocenters. The summed E-state index contributed by atoms with van der Waals surface area (Å²) in [7, 11) is 8.65. The van der Waals surface area contributed by atoms with Crippen LogP contribution in [0, 0.1) is 6.92 Å². The minimum Gasteiger partial charge on any atom is -0.496 e. The Morgan fingerprint density at radius 1 is 1.02 bits per heavy atom. The Kier molecular flexibility index (Phi) is 9.05. The minimum atomic E-state index is -0.432. The molecule has 0 spiro atoms. The van der Waals surface area contributed by atoms with Crippen LogP contribution in [0.2, 0.25) is 0 Å². The second-order valence-corrected chi connectivity index (χ2v) is 9.63. The smallest absolute Gasteiger partial charge is 0.339 e. The summed E-state index contributed by atoms with van der Waals surface area (Å²) in [6.45, 7) is 3.16. The van der Waals surface area contributed by atoms with Crippen molar-refractivity contribution in [3.05, 3.63) is 70.9 Å². The SMILES string of the molecule is COCCOc1cc(N(C)C(=O)/C=C/CN(C)C)cc(-n2c(=O)n(-c3ccc(C)c(OC)c3)c3c(N)ncnc32)c1. The number of nitrogen functional groups attached to an aromatic ring is 1. The summed E-state index contributed by atoms with van der Waals surface area (Å²) in [5, 5.41) is 0. The summed E-state index contributed by atoms with van der Waals surface area (Å²) < 4.78 is 19.4. The minimum absolute atomic E-state index is 0.136. The third-order valence-electron chi connectivity index (χ3n) is 6.44. The number of aromatic nitrogens is 4. The average molecular weight is 562 g/mol. The number of ether oxygens (including phenoxy) is 3. The Balaban J connectivity index is 1.92. The van der Waals surface area contributed by atoms with Gasteiger partial charge in [-0.3, -0.25) is 9.36 Å².